The van der Waals surface area contributed by atoms with Crippen LogP contribution in [0.5, 0.6) is 0 Å². The molecule has 0 saturated heterocycles. The molecule has 0 bridgehead atoms. The SMILES string of the molecule is CNC1CCC(OCc2nc(C(C)C)no2)CC1. The predicted molar refractivity (Wildman–Crippen MR) is 68.3 cm³/mol. The monoisotopic (exact) mass is 253 g/mol. The van der Waals surface area contributed by atoms with Crippen LogP contribution in [0.2, 0.25) is 0 Å². The van der Waals surface area contributed by atoms with Gasteiger partial charge in [0.2, 0.25) is 0 Å². The maximum Gasteiger partial charge on any atom is 0.252 e. The first kappa shape index (κ1) is 13.5. The summed E-state index contributed by atoms with van der Waals surface area (Å²) in [5.74, 6) is 1.65. The number of hydrogen-bond acceptors (Lipinski definition) is 5. The molecule has 1 aromatic rings. The molecule has 1 fully saturated rings. The first-order chi connectivity index (χ1) is 8.69. The number of rotatable bonds is 5. The smallest absolute Gasteiger partial charge is 0.252 e. The Morgan fingerprint density at radius 2 is 2.06 bits per heavy atom. The molecule has 1 aliphatic rings. The van der Waals surface area contributed by atoms with Gasteiger partial charge in [-0.15, -0.1) is 0 Å². The molecule has 0 amide bonds. The van der Waals surface area contributed by atoms with Crippen LogP contribution < -0.4 is 5.32 Å². The Balaban J connectivity index is 1.74. The van der Waals surface area contributed by atoms with Crippen molar-refractivity contribution < 1.29 is 9.26 Å². The molecule has 2 rings (SSSR count). The number of nitrogens with one attached hydrogen (secondary N) is 1. The lowest BCUT2D eigenvalue weighted by molar-refractivity contribution is 0.000206. The molecule has 1 heterocycles. The summed E-state index contributed by atoms with van der Waals surface area (Å²) < 4.78 is 11.0. The van der Waals surface area contributed by atoms with Crippen LogP contribution in [-0.4, -0.2) is 29.3 Å². The van der Waals surface area contributed by atoms with E-state index in [0.29, 0.717) is 30.6 Å². The summed E-state index contributed by atoms with van der Waals surface area (Å²) in [7, 11) is 2.03. The Bertz CT molecular complexity index is 357. The molecule has 0 atom stereocenters. The molecule has 1 saturated carbocycles. The molecule has 5 nitrogen and oxygen atoms in total. The van der Waals surface area contributed by atoms with Gasteiger partial charge < -0.3 is 14.6 Å². The van der Waals surface area contributed by atoms with E-state index in [1.165, 1.54) is 12.8 Å². The second-order valence-corrected chi connectivity index (χ2v) is 5.27. The fourth-order valence-electron chi connectivity index (χ4n) is 2.27. The fraction of sp³-hybridized carbons (Fsp3) is 0.846. The molecule has 0 unspecified atom stereocenters. The summed E-state index contributed by atoms with van der Waals surface area (Å²) in [6.45, 7) is 4.54. The summed E-state index contributed by atoms with van der Waals surface area (Å²) in [6, 6.07) is 0.654. The van der Waals surface area contributed by atoms with Gasteiger partial charge in [0, 0.05) is 12.0 Å². The standard InChI is InChI=1S/C13H23N3O2/c1-9(2)13-15-12(18-16-13)8-17-11-6-4-10(14-3)5-7-11/h9-11,14H,4-8H2,1-3H3. The molecule has 102 valence electrons. The quantitative estimate of drug-likeness (QED) is 0.872. The predicted octanol–water partition coefficient (Wildman–Crippen LogP) is 2.24. The molecule has 0 aliphatic heterocycles. The Morgan fingerprint density at radius 3 is 2.61 bits per heavy atom. The largest absolute Gasteiger partial charge is 0.368 e. The van der Waals surface area contributed by atoms with Crippen LogP contribution in [0, 0.1) is 0 Å². The van der Waals surface area contributed by atoms with Gasteiger partial charge >= 0.3 is 0 Å². The molecule has 1 N–H and O–H groups in total. The molecule has 0 spiro atoms. The molecular weight excluding hydrogens is 230 g/mol. The average Bonchev–Trinajstić information content (AvgIpc) is 2.86. The average molecular weight is 253 g/mol. The lowest BCUT2D eigenvalue weighted by atomic mass is 9.93. The van der Waals surface area contributed by atoms with Crippen molar-refractivity contribution in [3.8, 4) is 0 Å². The Hall–Kier alpha value is -0.940. The van der Waals surface area contributed by atoms with Crippen molar-refractivity contribution in [2.45, 2.75) is 64.2 Å². The number of nitrogens with zero attached hydrogens (tertiary/aromatic N) is 2. The minimum Gasteiger partial charge on any atom is -0.368 e. The number of aromatic nitrogens is 2. The van der Waals surface area contributed by atoms with Gasteiger partial charge in [-0.05, 0) is 32.7 Å². The van der Waals surface area contributed by atoms with E-state index in [-0.39, 0.29) is 0 Å². The van der Waals surface area contributed by atoms with E-state index >= 15 is 0 Å². The van der Waals surface area contributed by atoms with Gasteiger partial charge in [0.05, 0.1) is 6.10 Å². The third-order valence-electron chi connectivity index (χ3n) is 3.53. The van der Waals surface area contributed by atoms with Crippen LogP contribution in [0.4, 0.5) is 0 Å². The van der Waals surface area contributed by atoms with E-state index in [1.54, 1.807) is 0 Å². The second kappa shape index (κ2) is 6.29. The normalized spacial score (nSPS) is 24.7. The Labute approximate surface area is 108 Å². The second-order valence-electron chi connectivity index (χ2n) is 5.27. The van der Waals surface area contributed by atoms with Gasteiger partial charge in [-0.2, -0.15) is 4.98 Å². The zero-order chi connectivity index (χ0) is 13.0. The van der Waals surface area contributed by atoms with Gasteiger partial charge in [0.1, 0.15) is 6.61 Å². The molecular formula is C13H23N3O2. The molecule has 1 aliphatic carbocycles. The molecule has 5 heteroatoms. The van der Waals surface area contributed by atoms with E-state index in [0.717, 1.165) is 18.7 Å². The highest BCUT2D eigenvalue weighted by molar-refractivity contribution is 4.90. The summed E-state index contributed by atoms with van der Waals surface area (Å²) in [4.78, 5) is 4.31. The zero-order valence-corrected chi connectivity index (χ0v) is 11.5. The van der Waals surface area contributed by atoms with Crippen LogP contribution in [-0.2, 0) is 11.3 Å². The molecule has 18 heavy (non-hydrogen) atoms. The fourth-order valence-corrected chi connectivity index (χ4v) is 2.27. The highest BCUT2D eigenvalue weighted by Gasteiger charge is 2.21. The van der Waals surface area contributed by atoms with E-state index in [9.17, 15) is 0 Å². The zero-order valence-electron chi connectivity index (χ0n) is 11.5. The van der Waals surface area contributed by atoms with Crippen LogP contribution in [0.1, 0.15) is 57.2 Å². The van der Waals surface area contributed by atoms with Crippen molar-refractivity contribution in [3.05, 3.63) is 11.7 Å². The maximum atomic E-state index is 5.83. The summed E-state index contributed by atoms with van der Waals surface area (Å²) >= 11 is 0. The van der Waals surface area contributed by atoms with E-state index in [4.69, 9.17) is 9.26 Å². The number of hydrogen-bond donors (Lipinski definition) is 1. The number of ether oxygens (including phenoxy) is 1. The van der Waals surface area contributed by atoms with Gasteiger partial charge in [-0.25, -0.2) is 0 Å². The molecule has 0 aromatic carbocycles. The van der Waals surface area contributed by atoms with Crippen molar-refractivity contribution in [1.82, 2.24) is 15.5 Å². The van der Waals surface area contributed by atoms with Gasteiger partial charge in [-0.1, -0.05) is 19.0 Å². The Morgan fingerprint density at radius 1 is 1.33 bits per heavy atom. The van der Waals surface area contributed by atoms with Crippen molar-refractivity contribution >= 4 is 0 Å². The van der Waals surface area contributed by atoms with Crippen LogP contribution in [0.3, 0.4) is 0 Å². The molecule has 0 radical (unpaired) electrons. The minimum absolute atomic E-state index is 0.300. The van der Waals surface area contributed by atoms with Crippen LogP contribution >= 0.6 is 0 Å². The van der Waals surface area contributed by atoms with Crippen LogP contribution in [0.25, 0.3) is 0 Å². The lowest BCUT2D eigenvalue weighted by Crippen LogP contribution is -2.32. The van der Waals surface area contributed by atoms with Crippen molar-refractivity contribution in [3.63, 3.8) is 0 Å². The highest BCUT2D eigenvalue weighted by Crippen LogP contribution is 2.22. The van der Waals surface area contributed by atoms with E-state index in [1.807, 2.05) is 7.05 Å². The van der Waals surface area contributed by atoms with E-state index in [2.05, 4.69) is 29.3 Å². The van der Waals surface area contributed by atoms with Crippen LogP contribution in [0.15, 0.2) is 4.52 Å². The van der Waals surface area contributed by atoms with Gasteiger partial charge in [-0.3, -0.25) is 0 Å². The van der Waals surface area contributed by atoms with Crippen molar-refractivity contribution in [2.24, 2.45) is 0 Å². The summed E-state index contributed by atoms with van der Waals surface area (Å²) in [6.07, 6.45) is 4.92. The Kier molecular flexibility index (Phi) is 4.72. The van der Waals surface area contributed by atoms with Crippen molar-refractivity contribution in [2.75, 3.05) is 7.05 Å². The third-order valence-corrected chi connectivity index (χ3v) is 3.53. The topological polar surface area (TPSA) is 60.2 Å². The first-order valence-electron chi connectivity index (χ1n) is 6.80. The van der Waals surface area contributed by atoms with Gasteiger partial charge in [0.15, 0.2) is 5.82 Å². The summed E-state index contributed by atoms with van der Waals surface area (Å²) in [5.41, 5.74) is 0. The van der Waals surface area contributed by atoms with E-state index < -0.39 is 0 Å². The minimum atomic E-state index is 0.300. The highest BCUT2D eigenvalue weighted by atomic mass is 16.5. The first-order valence-corrected chi connectivity index (χ1v) is 6.80. The van der Waals surface area contributed by atoms with Crippen molar-refractivity contribution in [1.29, 1.82) is 0 Å². The summed E-state index contributed by atoms with van der Waals surface area (Å²) in [5, 5.41) is 7.25. The molecule has 1 aromatic heterocycles. The lowest BCUT2D eigenvalue weighted by Gasteiger charge is -2.27. The third kappa shape index (κ3) is 3.53. The maximum absolute atomic E-state index is 5.83. The van der Waals surface area contributed by atoms with Gasteiger partial charge in [0.25, 0.3) is 5.89 Å².